The number of aromatic nitrogens is 2. The van der Waals surface area contributed by atoms with Crippen molar-refractivity contribution >= 4 is 27.7 Å². The average molecular weight is 354 g/mol. The highest BCUT2D eigenvalue weighted by Crippen LogP contribution is 2.22. The number of thioether (sulfide) groups is 1. The number of nitrogens with zero attached hydrogens (tertiary/aromatic N) is 2. The van der Waals surface area contributed by atoms with Crippen LogP contribution in [0, 0.1) is 0 Å². The lowest BCUT2D eigenvalue weighted by atomic mass is 10.1. The Bertz CT molecular complexity index is 524. The third-order valence-corrected chi connectivity index (χ3v) is 4.70. The van der Waals surface area contributed by atoms with E-state index in [9.17, 15) is 0 Å². The van der Waals surface area contributed by atoms with Crippen molar-refractivity contribution in [2.75, 3.05) is 12.3 Å². The van der Waals surface area contributed by atoms with Gasteiger partial charge in [-0.25, -0.2) is 0 Å². The van der Waals surface area contributed by atoms with E-state index in [1.54, 1.807) is 0 Å². The van der Waals surface area contributed by atoms with Crippen molar-refractivity contribution in [3.63, 3.8) is 0 Å². The number of rotatable bonds is 7. The molecule has 0 saturated carbocycles. The van der Waals surface area contributed by atoms with E-state index < -0.39 is 0 Å². The molecular formula is C15H20BrN3S. The molecular weight excluding hydrogens is 334 g/mol. The van der Waals surface area contributed by atoms with E-state index in [1.165, 1.54) is 10.5 Å². The lowest BCUT2D eigenvalue weighted by molar-refractivity contribution is 0.572. The van der Waals surface area contributed by atoms with Gasteiger partial charge in [0.25, 0.3) is 0 Å². The Labute approximate surface area is 133 Å². The Balaban J connectivity index is 1.90. The zero-order valence-electron chi connectivity index (χ0n) is 11.8. The third kappa shape index (κ3) is 4.96. The summed E-state index contributed by atoms with van der Waals surface area (Å²) in [6.45, 7) is 3.15. The Morgan fingerprint density at radius 1 is 1.35 bits per heavy atom. The second-order valence-electron chi connectivity index (χ2n) is 4.75. The summed E-state index contributed by atoms with van der Waals surface area (Å²) in [5.74, 6) is 1.06. The van der Waals surface area contributed by atoms with Gasteiger partial charge in [-0.1, -0.05) is 22.9 Å². The standard InChI is InChI=1S/C15H20BrN3S/c1-3-17-14(8-12-9-18-19(2)10-12)11-20-15-6-4-13(16)5-7-15/h4-7,9-10,14,17H,3,8,11H2,1-2H3. The summed E-state index contributed by atoms with van der Waals surface area (Å²) in [5.41, 5.74) is 1.29. The van der Waals surface area contributed by atoms with Crippen molar-refractivity contribution in [2.45, 2.75) is 24.3 Å². The lowest BCUT2D eigenvalue weighted by Gasteiger charge is -2.16. The highest BCUT2D eigenvalue weighted by Gasteiger charge is 2.10. The maximum Gasteiger partial charge on any atom is 0.0522 e. The van der Waals surface area contributed by atoms with Gasteiger partial charge in [0.1, 0.15) is 0 Å². The van der Waals surface area contributed by atoms with Crippen LogP contribution >= 0.6 is 27.7 Å². The normalized spacial score (nSPS) is 12.6. The molecule has 1 heterocycles. The number of halogens is 1. The molecule has 108 valence electrons. The van der Waals surface area contributed by atoms with Gasteiger partial charge < -0.3 is 5.32 Å². The molecule has 1 N–H and O–H groups in total. The molecule has 5 heteroatoms. The summed E-state index contributed by atoms with van der Waals surface area (Å²) in [5, 5.41) is 7.79. The van der Waals surface area contributed by atoms with E-state index >= 15 is 0 Å². The van der Waals surface area contributed by atoms with E-state index in [2.05, 4.69) is 63.7 Å². The first kappa shape index (κ1) is 15.6. The van der Waals surface area contributed by atoms with Crippen molar-refractivity contribution in [1.29, 1.82) is 0 Å². The Morgan fingerprint density at radius 3 is 2.70 bits per heavy atom. The van der Waals surface area contributed by atoms with Crippen molar-refractivity contribution in [3.8, 4) is 0 Å². The predicted molar refractivity (Wildman–Crippen MR) is 89.2 cm³/mol. The summed E-state index contributed by atoms with van der Waals surface area (Å²) >= 11 is 5.36. The van der Waals surface area contributed by atoms with Gasteiger partial charge in [-0.3, -0.25) is 4.68 Å². The molecule has 0 bridgehead atoms. The van der Waals surface area contributed by atoms with Crippen LogP contribution in [-0.2, 0) is 13.5 Å². The fourth-order valence-electron chi connectivity index (χ4n) is 2.07. The van der Waals surface area contributed by atoms with Gasteiger partial charge in [0.2, 0.25) is 0 Å². The van der Waals surface area contributed by atoms with E-state index in [4.69, 9.17) is 0 Å². The van der Waals surface area contributed by atoms with Gasteiger partial charge in [-0.15, -0.1) is 11.8 Å². The number of likely N-dealkylation sites (N-methyl/N-ethyl adjacent to an activating group) is 1. The molecule has 0 fully saturated rings. The fourth-order valence-corrected chi connectivity index (χ4v) is 3.29. The highest BCUT2D eigenvalue weighted by atomic mass is 79.9. The monoisotopic (exact) mass is 353 g/mol. The molecule has 2 aromatic rings. The molecule has 0 aliphatic rings. The van der Waals surface area contributed by atoms with Crippen LogP contribution in [0.2, 0.25) is 0 Å². The molecule has 0 saturated heterocycles. The van der Waals surface area contributed by atoms with Crippen molar-refractivity contribution in [2.24, 2.45) is 7.05 Å². The van der Waals surface area contributed by atoms with Gasteiger partial charge in [0, 0.05) is 34.4 Å². The minimum atomic E-state index is 0.470. The number of aryl methyl sites for hydroxylation is 1. The molecule has 0 amide bonds. The van der Waals surface area contributed by atoms with E-state index in [0.717, 1.165) is 23.2 Å². The number of nitrogens with one attached hydrogen (secondary N) is 1. The molecule has 1 atom stereocenters. The lowest BCUT2D eigenvalue weighted by Crippen LogP contribution is -2.33. The van der Waals surface area contributed by atoms with Gasteiger partial charge in [0.05, 0.1) is 6.20 Å². The molecule has 1 aromatic carbocycles. The molecule has 0 aliphatic carbocycles. The number of hydrogen-bond acceptors (Lipinski definition) is 3. The molecule has 20 heavy (non-hydrogen) atoms. The van der Waals surface area contributed by atoms with Crippen LogP contribution < -0.4 is 5.32 Å². The second-order valence-corrected chi connectivity index (χ2v) is 6.75. The van der Waals surface area contributed by atoms with Crippen LogP contribution in [0.5, 0.6) is 0 Å². The average Bonchev–Trinajstić information content (AvgIpc) is 2.83. The van der Waals surface area contributed by atoms with Crippen molar-refractivity contribution in [3.05, 3.63) is 46.7 Å². The van der Waals surface area contributed by atoms with Gasteiger partial charge in [0.15, 0.2) is 0 Å². The molecule has 0 aliphatic heterocycles. The molecule has 0 spiro atoms. The van der Waals surface area contributed by atoms with Crippen LogP contribution in [-0.4, -0.2) is 28.1 Å². The Kier molecular flexibility index (Phi) is 6.13. The summed E-state index contributed by atoms with van der Waals surface area (Å²) in [4.78, 5) is 1.31. The van der Waals surface area contributed by atoms with Crippen molar-refractivity contribution < 1.29 is 0 Å². The first-order valence-corrected chi connectivity index (χ1v) is 8.54. The summed E-state index contributed by atoms with van der Waals surface area (Å²) in [6.07, 6.45) is 5.06. The minimum absolute atomic E-state index is 0.470. The van der Waals surface area contributed by atoms with E-state index in [0.29, 0.717) is 6.04 Å². The van der Waals surface area contributed by atoms with Crippen LogP contribution in [0.3, 0.4) is 0 Å². The third-order valence-electron chi connectivity index (χ3n) is 3.00. The Morgan fingerprint density at radius 2 is 2.10 bits per heavy atom. The number of hydrogen-bond donors (Lipinski definition) is 1. The first-order valence-electron chi connectivity index (χ1n) is 6.76. The van der Waals surface area contributed by atoms with Crippen LogP contribution in [0.25, 0.3) is 0 Å². The van der Waals surface area contributed by atoms with Gasteiger partial charge >= 0.3 is 0 Å². The smallest absolute Gasteiger partial charge is 0.0522 e. The first-order chi connectivity index (χ1) is 9.67. The molecule has 1 aromatic heterocycles. The highest BCUT2D eigenvalue weighted by molar-refractivity contribution is 9.10. The Hall–Kier alpha value is -0.780. The molecule has 1 unspecified atom stereocenters. The quantitative estimate of drug-likeness (QED) is 0.772. The van der Waals surface area contributed by atoms with E-state index in [-0.39, 0.29) is 0 Å². The molecule has 2 rings (SSSR count). The SMILES string of the molecule is CCNC(CSc1ccc(Br)cc1)Cc1cnn(C)c1. The zero-order valence-corrected chi connectivity index (χ0v) is 14.2. The number of benzene rings is 1. The zero-order chi connectivity index (χ0) is 14.4. The van der Waals surface area contributed by atoms with E-state index in [1.807, 2.05) is 29.7 Å². The van der Waals surface area contributed by atoms with Gasteiger partial charge in [-0.2, -0.15) is 5.10 Å². The van der Waals surface area contributed by atoms with Gasteiger partial charge in [-0.05, 0) is 42.8 Å². The largest absolute Gasteiger partial charge is 0.313 e. The van der Waals surface area contributed by atoms with Crippen LogP contribution in [0.1, 0.15) is 12.5 Å². The topological polar surface area (TPSA) is 29.9 Å². The molecule has 3 nitrogen and oxygen atoms in total. The maximum absolute atomic E-state index is 4.23. The summed E-state index contributed by atoms with van der Waals surface area (Å²) in [6, 6.07) is 8.96. The predicted octanol–water partition coefficient (Wildman–Crippen LogP) is 3.50. The second kappa shape index (κ2) is 7.86. The molecule has 0 radical (unpaired) electrons. The summed E-state index contributed by atoms with van der Waals surface area (Å²) in [7, 11) is 1.96. The fraction of sp³-hybridized carbons (Fsp3) is 0.400. The summed E-state index contributed by atoms with van der Waals surface area (Å²) < 4.78 is 2.99. The van der Waals surface area contributed by atoms with Crippen LogP contribution in [0.4, 0.5) is 0 Å². The minimum Gasteiger partial charge on any atom is -0.313 e. The van der Waals surface area contributed by atoms with Crippen LogP contribution in [0.15, 0.2) is 46.0 Å². The maximum atomic E-state index is 4.23. The van der Waals surface area contributed by atoms with Crippen molar-refractivity contribution in [1.82, 2.24) is 15.1 Å².